The molecular formula is C21H24N4O5S. The third-order valence-corrected chi connectivity index (χ3v) is 6.14. The van der Waals surface area contributed by atoms with Crippen LogP contribution in [0.3, 0.4) is 0 Å². The number of methoxy groups -OCH3 is 2. The lowest BCUT2D eigenvalue weighted by atomic mass is 10.0. The second-order valence-electron chi connectivity index (χ2n) is 7.23. The average molecular weight is 445 g/mol. The van der Waals surface area contributed by atoms with E-state index in [9.17, 15) is 9.59 Å². The largest absolute Gasteiger partial charge is 0.493 e. The number of anilines is 1. The minimum atomic E-state index is -0.221. The van der Waals surface area contributed by atoms with E-state index >= 15 is 0 Å². The smallest absolute Gasteiger partial charge is 0.230 e. The number of carbonyl (C=O) groups excluding carboxylic acids is 2. The molecule has 1 saturated heterocycles. The predicted molar refractivity (Wildman–Crippen MR) is 115 cm³/mol. The molecular weight excluding hydrogens is 420 g/mol. The molecule has 164 valence electrons. The van der Waals surface area contributed by atoms with Crippen molar-refractivity contribution in [3.05, 3.63) is 34.5 Å². The van der Waals surface area contributed by atoms with Gasteiger partial charge in [-0.15, -0.1) is 10.2 Å². The molecule has 0 spiro atoms. The molecule has 1 aromatic heterocycles. The summed E-state index contributed by atoms with van der Waals surface area (Å²) in [6.45, 7) is 0.994. The van der Waals surface area contributed by atoms with E-state index < -0.39 is 0 Å². The number of amides is 2. The zero-order chi connectivity index (χ0) is 21.8. The minimum absolute atomic E-state index is 0.0260. The molecule has 1 N–H and O–H groups in total. The molecule has 0 unspecified atom stereocenters. The van der Waals surface area contributed by atoms with Gasteiger partial charge in [0, 0.05) is 25.8 Å². The summed E-state index contributed by atoms with van der Waals surface area (Å²) < 4.78 is 16.3. The average Bonchev–Trinajstić information content (AvgIpc) is 3.43. The normalized spacial score (nSPS) is 17.9. The summed E-state index contributed by atoms with van der Waals surface area (Å²) >= 11 is 1.32. The maximum atomic E-state index is 12.7. The number of hydrogen-bond donors (Lipinski definition) is 1. The number of benzene rings is 1. The van der Waals surface area contributed by atoms with Crippen LogP contribution in [-0.4, -0.2) is 54.3 Å². The van der Waals surface area contributed by atoms with Crippen molar-refractivity contribution >= 4 is 34.4 Å². The van der Waals surface area contributed by atoms with Crippen LogP contribution >= 0.6 is 11.3 Å². The number of carbonyl (C=O) groups is 2. The van der Waals surface area contributed by atoms with E-state index in [0.29, 0.717) is 16.6 Å². The van der Waals surface area contributed by atoms with Gasteiger partial charge >= 0.3 is 0 Å². The second-order valence-corrected chi connectivity index (χ2v) is 8.24. The van der Waals surface area contributed by atoms with E-state index in [2.05, 4.69) is 15.5 Å². The zero-order valence-corrected chi connectivity index (χ0v) is 18.2. The molecule has 3 heterocycles. The third kappa shape index (κ3) is 4.86. The molecule has 0 bridgehead atoms. The predicted octanol–water partition coefficient (Wildman–Crippen LogP) is 2.79. The van der Waals surface area contributed by atoms with Crippen molar-refractivity contribution in [1.82, 2.24) is 15.1 Å². The lowest BCUT2D eigenvalue weighted by molar-refractivity contribution is -0.128. The highest BCUT2D eigenvalue weighted by atomic mass is 32.1. The Hall–Kier alpha value is -2.98. The fraction of sp³-hybridized carbons (Fsp3) is 0.429. The standard InChI is InChI=1S/C21H24N4O5S/c1-28-16-10-13-5-7-25(19(27)12-14(13)11-17(16)29-2)8-6-18(26)22-21-24-23-20(31-21)15-4-3-9-30-15/h5,7,10-11,15H,3-4,6,8-9,12H2,1-2H3,(H,22,24,26)/t15-/m1/s1. The summed E-state index contributed by atoms with van der Waals surface area (Å²) in [6, 6.07) is 3.66. The Labute approximate surface area is 184 Å². The van der Waals surface area contributed by atoms with Crippen molar-refractivity contribution in [2.75, 3.05) is 32.7 Å². The molecule has 1 aromatic carbocycles. The fourth-order valence-corrected chi connectivity index (χ4v) is 4.40. The molecule has 0 aliphatic carbocycles. The van der Waals surface area contributed by atoms with E-state index in [1.807, 2.05) is 18.2 Å². The van der Waals surface area contributed by atoms with Gasteiger partial charge in [-0.2, -0.15) is 0 Å². The molecule has 4 rings (SSSR count). The number of hydrogen-bond acceptors (Lipinski definition) is 8. The summed E-state index contributed by atoms with van der Waals surface area (Å²) in [7, 11) is 3.13. The van der Waals surface area contributed by atoms with Crippen LogP contribution in [0.1, 0.15) is 41.5 Å². The topological polar surface area (TPSA) is 103 Å². The van der Waals surface area contributed by atoms with Crippen molar-refractivity contribution in [1.29, 1.82) is 0 Å². The lowest BCUT2D eigenvalue weighted by Crippen LogP contribution is -2.29. The fourth-order valence-electron chi connectivity index (χ4n) is 3.55. The van der Waals surface area contributed by atoms with Gasteiger partial charge < -0.3 is 24.4 Å². The van der Waals surface area contributed by atoms with Gasteiger partial charge in [-0.3, -0.25) is 9.59 Å². The lowest BCUT2D eigenvalue weighted by Gasteiger charge is -2.16. The van der Waals surface area contributed by atoms with Crippen LogP contribution in [0.4, 0.5) is 5.13 Å². The van der Waals surface area contributed by atoms with Crippen molar-refractivity contribution in [2.24, 2.45) is 0 Å². The summed E-state index contributed by atoms with van der Waals surface area (Å²) in [6.07, 6.45) is 5.81. The molecule has 2 amide bonds. The van der Waals surface area contributed by atoms with Gasteiger partial charge in [-0.25, -0.2) is 0 Å². The summed E-state index contributed by atoms with van der Waals surface area (Å²) in [5.41, 5.74) is 1.73. The van der Waals surface area contributed by atoms with Gasteiger partial charge in [-0.1, -0.05) is 11.3 Å². The number of rotatable bonds is 7. The van der Waals surface area contributed by atoms with Gasteiger partial charge in [0.1, 0.15) is 11.1 Å². The van der Waals surface area contributed by atoms with Gasteiger partial charge in [0.25, 0.3) is 0 Å². The summed E-state index contributed by atoms with van der Waals surface area (Å²) in [5.74, 6) is 0.869. The maximum absolute atomic E-state index is 12.7. The Bertz CT molecular complexity index is 1000. The molecule has 1 fully saturated rings. The molecule has 0 radical (unpaired) electrons. The molecule has 2 aliphatic rings. The Morgan fingerprint density at radius 2 is 2.10 bits per heavy atom. The van der Waals surface area contributed by atoms with E-state index in [-0.39, 0.29) is 37.3 Å². The molecule has 1 atom stereocenters. The van der Waals surface area contributed by atoms with E-state index in [0.717, 1.165) is 35.6 Å². The second kappa shape index (κ2) is 9.44. The van der Waals surface area contributed by atoms with Crippen LogP contribution in [0.25, 0.3) is 6.08 Å². The highest BCUT2D eigenvalue weighted by Gasteiger charge is 2.23. The quantitative estimate of drug-likeness (QED) is 0.700. The molecule has 0 saturated carbocycles. The Morgan fingerprint density at radius 3 is 2.84 bits per heavy atom. The van der Waals surface area contributed by atoms with Gasteiger partial charge in [0.2, 0.25) is 16.9 Å². The van der Waals surface area contributed by atoms with Crippen LogP contribution in [0.2, 0.25) is 0 Å². The van der Waals surface area contributed by atoms with Crippen LogP contribution in [0.5, 0.6) is 11.5 Å². The maximum Gasteiger partial charge on any atom is 0.230 e. The highest BCUT2D eigenvalue weighted by molar-refractivity contribution is 7.15. The van der Waals surface area contributed by atoms with Gasteiger partial charge in [-0.05, 0) is 42.2 Å². The Morgan fingerprint density at radius 1 is 1.29 bits per heavy atom. The number of fused-ring (bicyclic) bond motifs is 1. The number of nitrogens with one attached hydrogen (secondary N) is 1. The Kier molecular flexibility index (Phi) is 6.47. The van der Waals surface area contributed by atoms with Crippen molar-refractivity contribution in [3.63, 3.8) is 0 Å². The van der Waals surface area contributed by atoms with Crippen molar-refractivity contribution in [3.8, 4) is 11.5 Å². The van der Waals surface area contributed by atoms with Crippen LogP contribution < -0.4 is 14.8 Å². The summed E-state index contributed by atoms with van der Waals surface area (Å²) in [4.78, 5) is 26.6. The molecule has 10 heteroatoms. The molecule has 9 nitrogen and oxygen atoms in total. The Balaban J connectivity index is 1.35. The SMILES string of the molecule is COc1cc2c(cc1OC)CC(=O)N(CCC(=O)Nc1nnc([C@H]3CCCO3)s1)C=C2. The van der Waals surface area contributed by atoms with Crippen LogP contribution in [-0.2, 0) is 20.7 Å². The van der Waals surface area contributed by atoms with E-state index in [1.165, 1.54) is 11.3 Å². The summed E-state index contributed by atoms with van der Waals surface area (Å²) in [5, 5.41) is 12.1. The molecule has 2 aromatic rings. The third-order valence-electron chi connectivity index (χ3n) is 5.21. The van der Waals surface area contributed by atoms with E-state index in [1.54, 1.807) is 25.3 Å². The highest BCUT2D eigenvalue weighted by Crippen LogP contribution is 2.33. The van der Waals surface area contributed by atoms with Gasteiger partial charge in [0.05, 0.1) is 20.6 Å². The van der Waals surface area contributed by atoms with Crippen molar-refractivity contribution in [2.45, 2.75) is 31.8 Å². The number of nitrogens with zero attached hydrogens (tertiary/aromatic N) is 3. The first-order valence-corrected chi connectivity index (χ1v) is 10.9. The first kappa shape index (κ1) is 21.3. The van der Waals surface area contributed by atoms with E-state index in [4.69, 9.17) is 14.2 Å². The van der Waals surface area contributed by atoms with Crippen LogP contribution in [0.15, 0.2) is 18.3 Å². The zero-order valence-electron chi connectivity index (χ0n) is 17.4. The number of aromatic nitrogens is 2. The molecule has 2 aliphatic heterocycles. The van der Waals surface area contributed by atoms with Crippen LogP contribution in [0, 0.1) is 0 Å². The van der Waals surface area contributed by atoms with Crippen molar-refractivity contribution < 1.29 is 23.8 Å². The number of ether oxygens (including phenoxy) is 3. The molecule has 31 heavy (non-hydrogen) atoms. The first-order chi connectivity index (χ1) is 15.1. The van der Waals surface area contributed by atoms with Gasteiger partial charge in [0.15, 0.2) is 11.5 Å². The monoisotopic (exact) mass is 444 g/mol. The minimum Gasteiger partial charge on any atom is -0.493 e. The first-order valence-electron chi connectivity index (χ1n) is 10.0.